The van der Waals surface area contributed by atoms with Crippen molar-refractivity contribution in [3.8, 4) is 0 Å². The smallest absolute Gasteiger partial charge is 0.252 e. The Labute approximate surface area is 149 Å². The van der Waals surface area contributed by atoms with Crippen LogP contribution in [-0.2, 0) is 4.79 Å². The summed E-state index contributed by atoms with van der Waals surface area (Å²) in [5, 5.41) is 2.91. The van der Waals surface area contributed by atoms with Gasteiger partial charge in [-0.3, -0.25) is 4.79 Å². The van der Waals surface area contributed by atoms with Gasteiger partial charge in [0.15, 0.2) is 0 Å². The Morgan fingerprint density at radius 2 is 2.04 bits per heavy atom. The highest BCUT2D eigenvalue weighted by atomic mass is 19.3. The molecule has 25 heavy (non-hydrogen) atoms. The Hall–Kier alpha value is -0.970. The molecule has 1 aliphatic heterocycles. The summed E-state index contributed by atoms with van der Waals surface area (Å²) in [4.78, 5) is 15.3. The second kappa shape index (κ2) is 6.64. The molecule has 0 unspecified atom stereocenters. The van der Waals surface area contributed by atoms with E-state index < -0.39 is 5.92 Å². The number of carbonyl (C=O) groups excluding carboxylic acids is 1. The molecule has 3 fully saturated rings. The standard InChI is InChI=1S/C20H30F2N2O/c21-20(22)11-16(12-20)23-18(25)17-7-4-8-19(17)9-10-24(14-19)13-15-5-2-1-3-6-15/h1-2,15-17H,3-14H2,(H,23,25)/t15-,17-,19-/m0/s1. The van der Waals surface area contributed by atoms with Crippen LogP contribution in [0.25, 0.3) is 0 Å². The molecule has 0 aromatic rings. The minimum atomic E-state index is -2.57. The molecule has 0 bridgehead atoms. The molecule has 5 heteroatoms. The maximum atomic E-state index is 13.0. The predicted octanol–water partition coefficient (Wildman–Crippen LogP) is 3.75. The molecule has 0 aromatic carbocycles. The van der Waals surface area contributed by atoms with E-state index >= 15 is 0 Å². The zero-order valence-electron chi connectivity index (χ0n) is 15.0. The number of alkyl halides is 2. The largest absolute Gasteiger partial charge is 0.353 e. The number of amides is 1. The van der Waals surface area contributed by atoms with Gasteiger partial charge >= 0.3 is 0 Å². The third kappa shape index (κ3) is 3.62. The van der Waals surface area contributed by atoms with Gasteiger partial charge in [-0.25, -0.2) is 8.78 Å². The average molecular weight is 352 g/mol. The highest BCUT2D eigenvalue weighted by molar-refractivity contribution is 5.80. The fourth-order valence-corrected chi connectivity index (χ4v) is 5.63. The van der Waals surface area contributed by atoms with Crippen molar-refractivity contribution >= 4 is 5.91 Å². The molecule has 4 rings (SSSR count). The van der Waals surface area contributed by atoms with Crippen molar-refractivity contribution in [2.24, 2.45) is 17.3 Å². The van der Waals surface area contributed by atoms with Crippen molar-refractivity contribution in [1.29, 1.82) is 0 Å². The first kappa shape index (κ1) is 17.4. The van der Waals surface area contributed by atoms with E-state index in [-0.39, 0.29) is 36.1 Å². The van der Waals surface area contributed by atoms with Crippen LogP contribution in [0.4, 0.5) is 8.78 Å². The monoisotopic (exact) mass is 352 g/mol. The van der Waals surface area contributed by atoms with E-state index in [4.69, 9.17) is 0 Å². The Morgan fingerprint density at radius 1 is 1.20 bits per heavy atom. The number of nitrogens with one attached hydrogen (secondary N) is 1. The summed E-state index contributed by atoms with van der Waals surface area (Å²) in [5.74, 6) is -1.74. The Morgan fingerprint density at radius 3 is 2.76 bits per heavy atom. The number of hydrogen-bond donors (Lipinski definition) is 1. The second-order valence-corrected chi connectivity index (χ2v) is 8.91. The van der Waals surface area contributed by atoms with Crippen LogP contribution in [0.1, 0.15) is 57.8 Å². The van der Waals surface area contributed by atoms with Crippen LogP contribution in [0.2, 0.25) is 0 Å². The lowest BCUT2D eigenvalue weighted by Crippen LogP contribution is -2.53. The lowest BCUT2D eigenvalue weighted by atomic mass is 9.76. The fraction of sp³-hybridized carbons (Fsp3) is 0.850. The zero-order valence-corrected chi connectivity index (χ0v) is 15.0. The molecule has 3 atom stereocenters. The quantitative estimate of drug-likeness (QED) is 0.782. The average Bonchev–Trinajstić information content (AvgIpc) is 3.14. The first-order valence-corrected chi connectivity index (χ1v) is 10.0. The van der Waals surface area contributed by atoms with Crippen molar-refractivity contribution in [2.45, 2.75) is 69.8 Å². The van der Waals surface area contributed by atoms with Gasteiger partial charge in [0.1, 0.15) is 0 Å². The normalized spacial score (nSPS) is 38.2. The molecule has 1 heterocycles. The van der Waals surface area contributed by atoms with Gasteiger partial charge in [0.2, 0.25) is 5.91 Å². The summed E-state index contributed by atoms with van der Waals surface area (Å²) in [7, 11) is 0. The number of halogens is 2. The number of likely N-dealkylation sites (tertiary alicyclic amines) is 1. The van der Waals surface area contributed by atoms with Crippen molar-refractivity contribution in [3.63, 3.8) is 0 Å². The summed E-state index contributed by atoms with van der Waals surface area (Å²) in [5.41, 5.74) is 0.0981. The predicted molar refractivity (Wildman–Crippen MR) is 93.4 cm³/mol. The van der Waals surface area contributed by atoms with Gasteiger partial charge in [0.05, 0.1) is 0 Å². The van der Waals surface area contributed by atoms with E-state index in [1.807, 2.05) is 0 Å². The van der Waals surface area contributed by atoms with Crippen LogP contribution >= 0.6 is 0 Å². The van der Waals surface area contributed by atoms with Crippen LogP contribution in [0.15, 0.2) is 12.2 Å². The van der Waals surface area contributed by atoms with E-state index in [9.17, 15) is 13.6 Å². The van der Waals surface area contributed by atoms with Crippen molar-refractivity contribution < 1.29 is 13.6 Å². The van der Waals surface area contributed by atoms with E-state index in [1.54, 1.807) is 0 Å². The van der Waals surface area contributed by atoms with Crippen LogP contribution in [0.3, 0.4) is 0 Å². The topological polar surface area (TPSA) is 32.3 Å². The third-order valence-electron chi connectivity index (χ3n) is 7.02. The lowest BCUT2D eigenvalue weighted by molar-refractivity contribution is -0.135. The van der Waals surface area contributed by atoms with Crippen LogP contribution in [-0.4, -0.2) is 42.4 Å². The summed E-state index contributed by atoms with van der Waals surface area (Å²) < 4.78 is 26.0. The Bertz CT molecular complexity index is 542. The van der Waals surface area contributed by atoms with Crippen molar-refractivity contribution in [1.82, 2.24) is 10.2 Å². The van der Waals surface area contributed by atoms with E-state index in [0.717, 1.165) is 51.2 Å². The summed E-state index contributed by atoms with van der Waals surface area (Å²) in [6.45, 7) is 3.26. The lowest BCUT2D eigenvalue weighted by Gasteiger charge is -2.38. The number of rotatable bonds is 4. The Kier molecular flexibility index (Phi) is 4.63. The van der Waals surface area contributed by atoms with Gasteiger partial charge < -0.3 is 10.2 Å². The van der Waals surface area contributed by atoms with Gasteiger partial charge in [0.25, 0.3) is 5.92 Å². The molecule has 4 aliphatic rings. The molecule has 0 radical (unpaired) electrons. The fourth-order valence-electron chi connectivity index (χ4n) is 5.63. The molecule has 140 valence electrons. The highest BCUT2D eigenvalue weighted by Gasteiger charge is 2.52. The van der Waals surface area contributed by atoms with Gasteiger partial charge in [0, 0.05) is 37.9 Å². The second-order valence-electron chi connectivity index (χ2n) is 8.91. The minimum absolute atomic E-state index is 0.0259. The van der Waals surface area contributed by atoms with Crippen molar-refractivity contribution in [2.75, 3.05) is 19.6 Å². The summed E-state index contributed by atoms with van der Waals surface area (Å²) >= 11 is 0. The molecule has 1 spiro atoms. The SMILES string of the molecule is O=C(NC1CC(F)(F)C1)[C@@H]1CCC[C@@]12CCN(C[C@H]1CC=CCC1)C2. The molecule has 3 nitrogen and oxygen atoms in total. The highest BCUT2D eigenvalue weighted by Crippen LogP contribution is 2.50. The van der Waals surface area contributed by atoms with Crippen LogP contribution in [0, 0.1) is 17.3 Å². The maximum absolute atomic E-state index is 13.0. The van der Waals surface area contributed by atoms with E-state index in [1.165, 1.54) is 19.3 Å². The minimum Gasteiger partial charge on any atom is -0.353 e. The van der Waals surface area contributed by atoms with Crippen LogP contribution < -0.4 is 5.32 Å². The van der Waals surface area contributed by atoms with Gasteiger partial charge in [-0.05, 0) is 56.4 Å². The van der Waals surface area contributed by atoms with Gasteiger partial charge in [-0.1, -0.05) is 18.6 Å². The first-order chi connectivity index (χ1) is 12.0. The first-order valence-electron chi connectivity index (χ1n) is 10.0. The molecule has 1 saturated heterocycles. The Balaban J connectivity index is 1.33. The van der Waals surface area contributed by atoms with E-state index in [2.05, 4.69) is 22.4 Å². The summed E-state index contributed by atoms with van der Waals surface area (Å²) in [6, 6.07) is -0.313. The molecule has 1 N–H and O–H groups in total. The third-order valence-corrected chi connectivity index (χ3v) is 7.02. The molecule has 3 aliphatic carbocycles. The number of allylic oxidation sites excluding steroid dienone is 2. The van der Waals surface area contributed by atoms with Gasteiger partial charge in [-0.2, -0.15) is 0 Å². The molecular weight excluding hydrogens is 322 g/mol. The molecule has 0 aromatic heterocycles. The van der Waals surface area contributed by atoms with Crippen molar-refractivity contribution in [3.05, 3.63) is 12.2 Å². The zero-order chi connectivity index (χ0) is 17.5. The number of nitrogens with zero attached hydrogens (tertiary/aromatic N) is 1. The van der Waals surface area contributed by atoms with E-state index in [0.29, 0.717) is 0 Å². The molecule has 1 amide bonds. The van der Waals surface area contributed by atoms with Gasteiger partial charge in [-0.15, -0.1) is 0 Å². The summed E-state index contributed by atoms with van der Waals surface area (Å²) in [6.07, 6.45) is 12.1. The number of hydrogen-bond acceptors (Lipinski definition) is 2. The number of carbonyl (C=O) groups is 1. The molecular formula is C20H30F2N2O. The molecule has 2 saturated carbocycles. The van der Waals surface area contributed by atoms with Crippen LogP contribution in [0.5, 0.6) is 0 Å². The maximum Gasteiger partial charge on any atom is 0.252 e.